The first-order valence-electron chi connectivity index (χ1n) is 18.2. The number of aliphatic hydroxyl groups is 2. The molecule has 1 saturated heterocycles. The highest BCUT2D eigenvalue weighted by atomic mass is 32.2. The number of amides is 2. The number of imidazole rings is 1. The highest BCUT2D eigenvalue weighted by molar-refractivity contribution is 8.13. The number of phosphoric acid groups is 3. The average Bonchev–Trinajstić information content (AvgIpc) is 3.74. The Morgan fingerprint density at radius 3 is 2.35 bits per heavy atom. The summed E-state index contributed by atoms with van der Waals surface area (Å²) in [4.78, 5) is 99.8. The van der Waals surface area contributed by atoms with E-state index in [-0.39, 0.29) is 53.8 Å². The largest absolute Gasteiger partial charge is 0.550 e. The third kappa shape index (κ3) is 15.2. The zero-order chi connectivity index (χ0) is 46.0. The summed E-state index contributed by atoms with van der Waals surface area (Å²) in [5.41, 5.74) is 4.96. The number of ether oxygens (including phenoxy) is 1. The van der Waals surface area contributed by atoms with Crippen molar-refractivity contribution in [3.8, 4) is 0 Å². The van der Waals surface area contributed by atoms with Gasteiger partial charge in [0, 0.05) is 42.6 Å². The molecule has 0 saturated carbocycles. The van der Waals surface area contributed by atoms with E-state index >= 15 is 0 Å². The summed E-state index contributed by atoms with van der Waals surface area (Å²) in [5, 5.41) is 37.2. The number of nitrogens with one attached hydrogen (secondary N) is 2. The Kier molecular flexibility index (Phi) is 17.9. The maximum Gasteiger partial charge on any atom is 0.481 e. The van der Waals surface area contributed by atoms with Crippen LogP contribution in [0.25, 0.3) is 11.2 Å². The quantitative estimate of drug-likeness (QED) is 0.0371. The molecule has 8 atom stereocenters. The lowest BCUT2D eigenvalue weighted by Gasteiger charge is -2.30. The molecule has 3 heterocycles. The van der Waals surface area contributed by atoms with Crippen LogP contribution in [-0.4, -0.2) is 129 Å². The van der Waals surface area contributed by atoms with E-state index in [0.717, 1.165) is 34.5 Å². The number of anilines is 1. The molecule has 26 nitrogen and oxygen atoms in total. The van der Waals surface area contributed by atoms with Crippen LogP contribution in [0.15, 0.2) is 43.0 Å². The van der Waals surface area contributed by atoms with Gasteiger partial charge in [-0.3, -0.25) is 32.5 Å². The lowest BCUT2D eigenvalue weighted by molar-refractivity contribution is -0.306. The second-order valence-electron chi connectivity index (χ2n) is 14.2. The summed E-state index contributed by atoms with van der Waals surface area (Å²) in [6, 6.07) is 8.83. The normalized spacial score (nSPS) is 21.1. The molecule has 1 aromatic carbocycles. The summed E-state index contributed by atoms with van der Waals surface area (Å²) in [6.07, 6.45) is -7.43. The fourth-order valence-corrected chi connectivity index (χ4v) is 9.37. The second kappa shape index (κ2) is 21.8. The van der Waals surface area contributed by atoms with Crippen LogP contribution in [0, 0.1) is 11.3 Å². The van der Waals surface area contributed by atoms with Crippen LogP contribution in [0.1, 0.15) is 38.5 Å². The molecule has 30 heteroatoms. The molecule has 4 rings (SSSR count). The number of fused-ring (bicyclic) bond motifs is 1. The maximum absolute atomic E-state index is 12.7. The molecule has 0 aliphatic carbocycles. The van der Waals surface area contributed by atoms with E-state index in [1.165, 1.54) is 13.8 Å². The number of carboxylic acid groups (broad SMARTS) is 1. The first kappa shape index (κ1) is 50.9. The molecule has 344 valence electrons. The molecule has 1 aliphatic heterocycles. The highest BCUT2D eigenvalue weighted by Crippen LogP contribution is 2.61. The number of aromatic nitrogens is 4. The van der Waals surface area contributed by atoms with Crippen molar-refractivity contribution in [3.05, 3.63) is 48.5 Å². The minimum absolute atomic E-state index is 0.0169. The van der Waals surface area contributed by atoms with Gasteiger partial charge in [-0.15, -0.1) is 0 Å². The molecular weight excluding hydrogens is 911 g/mol. The smallest absolute Gasteiger partial charge is 0.481 e. The standard InChI is InChI=1S/C32H46N7O19P3S/c1-32(2,26(44)29(45)35-9-8-21(40)34-10-11-62-31(46)19(13-22(41)42)12-18-6-4-3-5-7-18)15-55-61(52,53)58-60(50,51)54-14-20-25(57-59(47,48)49)24(43)30(56-20)39-17-38-23-27(33)36-16-37-28(23)39/h3-7,16-17,19-20,24-26,30,43-44H,8-15H2,1-2H3,(H,34,40)(H,35,45)(H,41,42)(H,50,51)(H,52,53)(H2,33,36,37)(H2,47,48,49)/p-1. The zero-order valence-corrected chi connectivity index (χ0v) is 36.3. The summed E-state index contributed by atoms with van der Waals surface area (Å²) in [5.74, 6) is -3.69. The van der Waals surface area contributed by atoms with Gasteiger partial charge in [0.2, 0.25) is 11.8 Å². The van der Waals surface area contributed by atoms with Gasteiger partial charge in [-0.25, -0.2) is 28.6 Å². The minimum Gasteiger partial charge on any atom is -0.550 e. The van der Waals surface area contributed by atoms with Crippen LogP contribution >= 0.6 is 35.2 Å². The number of hydrogen-bond donors (Lipinski definition) is 9. The number of carbonyl (C=O) groups excluding carboxylic acids is 4. The number of thioether (sulfide) groups is 1. The molecule has 3 aromatic rings. The molecular formula is C32H45N7O19P3S-. The molecule has 0 bridgehead atoms. The van der Waals surface area contributed by atoms with E-state index in [0.29, 0.717) is 0 Å². The Morgan fingerprint density at radius 2 is 1.69 bits per heavy atom. The number of nitrogens with zero attached hydrogens (tertiary/aromatic N) is 4. The van der Waals surface area contributed by atoms with Crippen LogP contribution < -0.4 is 21.5 Å². The van der Waals surface area contributed by atoms with Gasteiger partial charge in [-0.1, -0.05) is 55.9 Å². The molecule has 1 aliphatic rings. The first-order valence-corrected chi connectivity index (χ1v) is 23.7. The molecule has 2 aromatic heterocycles. The number of carboxylic acids is 1. The molecule has 0 radical (unpaired) electrons. The lowest BCUT2D eigenvalue weighted by Crippen LogP contribution is -2.46. The van der Waals surface area contributed by atoms with Crippen LogP contribution in [0.5, 0.6) is 0 Å². The van der Waals surface area contributed by atoms with Gasteiger partial charge in [-0.2, -0.15) is 4.31 Å². The fourth-order valence-electron chi connectivity index (χ4n) is 5.74. The molecule has 10 N–H and O–H groups in total. The topological polar surface area (TPSA) is 404 Å². The summed E-state index contributed by atoms with van der Waals surface area (Å²) < 4.78 is 62.2. The predicted molar refractivity (Wildman–Crippen MR) is 210 cm³/mol. The van der Waals surface area contributed by atoms with Crippen molar-refractivity contribution in [1.29, 1.82) is 0 Å². The fraction of sp³-hybridized carbons (Fsp3) is 0.531. The third-order valence-corrected chi connectivity index (χ3v) is 12.9. The van der Waals surface area contributed by atoms with Crippen LogP contribution in [0.4, 0.5) is 5.82 Å². The van der Waals surface area contributed by atoms with Crippen molar-refractivity contribution >= 4 is 75.1 Å². The van der Waals surface area contributed by atoms with Gasteiger partial charge in [-0.05, 0) is 18.4 Å². The Morgan fingerprint density at radius 1 is 1.02 bits per heavy atom. The van der Waals surface area contributed by atoms with E-state index in [1.54, 1.807) is 30.3 Å². The van der Waals surface area contributed by atoms with Gasteiger partial charge in [0.15, 0.2) is 22.8 Å². The van der Waals surface area contributed by atoms with Gasteiger partial charge >= 0.3 is 23.5 Å². The average molecular weight is 957 g/mol. The van der Waals surface area contributed by atoms with Crippen LogP contribution in [0.3, 0.4) is 0 Å². The van der Waals surface area contributed by atoms with Crippen molar-refractivity contribution in [2.75, 3.05) is 37.8 Å². The number of hydrogen-bond acceptors (Lipinski definition) is 20. The number of nitrogen functional groups attached to an aromatic ring is 1. The number of benzene rings is 1. The molecule has 2 amide bonds. The van der Waals surface area contributed by atoms with E-state index in [9.17, 15) is 67.8 Å². The van der Waals surface area contributed by atoms with Gasteiger partial charge < -0.3 is 60.8 Å². The second-order valence-corrected chi connectivity index (χ2v) is 19.5. The van der Waals surface area contributed by atoms with Gasteiger partial charge in [0.1, 0.15) is 36.3 Å². The third-order valence-electron chi connectivity index (χ3n) is 8.82. The van der Waals surface area contributed by atoms with Crippen molar-refractivity contribution in [2.24, 2.45) is 11.3 Å². The van der Waals surface area contributed by atoms with Crippen LogP contribution in [-0.2, 0) is 61.9 Å². The number of rotatable bonds is 24. The van der Waals surface area contributed by atoms with E-state index < -0.39 is 103 Å². The minimum atomic E-state index is -5.60. The van der Waals surface area contributed by atoms with Gasteiger partial charge in [0.05, 0.1) is 19.5 Å². The molecule has 0 spiro atoms. The zero-order valence-electron chi connectivity index (χ0n) is 32.8. The monoisotopic (exact) mass is 956 g/mol. The van der Waals surface area contributed by atoms with E-state index in [2.05, 4.69) is 34.4 Å². The number of phosphoric ester groups is 3. The van der Waals surface area contributed by atoms with Crippen LogP contribution in [0.2, 0.25) is 0 Å². The summed E-state index contributed by atoms with van der Waals surface area (Å²) in [6.45, 7) is 0.130. The Balaban J connectivity index is 1.21. The predicted octanol–water partition coefficient (Wildman–Crippen LogP) is -1.34. The number of carbonyl (C=O) groups is 4. The Hall–Kier alpha value is -3.75. The van der Waals surface area contributed by atoms with Crippen molar-refractivity contribution in [2.45, 2.75) is 63.8 Å². The first-order chi connectivity index (χ1) is 28.9. The summed E-state index contributed by atoms with van der Waals surface area (Å²) >= 11 is 0.848. The maximum atomic E-state index is 12.7. The Labute approximate surface area is 356 Å². The number of aliphatic carboxylic acids is 1. The lowest BCUT2D eigenvalue weighted by atomic mass is 9.87. The molecule has 1 fully saturated rings. The highest BCUT2D eigenvalue weighted by Gasteiger charge is 2.50. The van der Waals surface area contributed by atoms with Crippen molar-refractivity contribution in [3.63, 3.8) is 0 Å². The van der Waals surface area contributed by atoms with E-state index in [1.807, 2.05) is 0 Å². The van der Waals surface area contributed by atoms with Gasteiger partial charge in [0.25, 0.3) is 0 Å². The van der Waals surface area contributed by atoms with Crippen molar-refractivity contribution in [1.82, 2.24) is 30.2 Å². The molecule has 62 heavy (non-hydrogen) atoms. The van der Waals surface area contributed by atoms with E-state index in [4.69, 9.17) is 19.5 Å². The summed E-state index contributed by atoms with van der Waals surface area (Å²) in [7, 11) is -16.5. The number of aliphatic hydroxyl groups excluding tert-OH is 2. The Bertz CT molecular complexity index is 2200. The number of nitrogens with two attached hydrogens (primary N) is 1. The van der Waals surface area contributed by atoms with Crippen molar-refractivity contribution < 1.29 is 90.4 Å². The molecule has 8 unspecified atom stereocenters. The SMILES string of the molecule is CC(C)(COP(=O)(O)OP(=O)(O)OCC1OC(n2cnc3c(N)ncnc32)C(O)C1OP(=O)(O)O)C(O)C(=O)NCCC(=O)NCCSC(=O)C(CC(=O)[O-])Cc1ccccc1.